The van der Waals surface area contributed by atoms with Crippen LogP contribution in [-0.2, 0) is 4.74 Å². The molecule has 2 fully saturated rings. The number of piperidine rings is 1. The zero-order valence-corrected chi connectivity index (χ0v) is 21.8. The molecule has 3 aromatic rings. The minimum absolute atomic E-state index is 0.103. The van der Waals surface area contributed by atoms with E-state index in [4.69, 9.17) is 14.7 Å². The lowest BCUT2D eigenvalue weighted by atomic mass is 9.98. The summed E-state index contributed by atoms with van der Waals surface area (Å²) >= 11 is 1.68. The van der Waals surface area contributed by atoms with Gasteiger partial charge >= 0.3 is 6.09 Å². The quantitative estimate of drug-likeness (QED) is 0.531. The minimum atomic E-state index is -0.491. The van der Waals surface area contributed by atoms with Crippen molar-refractivity contribution in [2.75, 3.05) is 29.4 Å². The number of carbonyl (C=O) groups is 1. The van der Waals surface area contributed by atoms with Gasteiger partial charge in [0.05, 0.1) is 10.9 Å². The maximum absolute atomic E-state index is 12.2. The highest BCUT2D eigenvalue weighted by Gasteiger charge is 2.29. The van der Waals surface area contributed by atoms with Crippen LogP contribution in [0.2, 0.25) is 0 Å². The second kappa shape index (κ2) is 9.60. The predicted octanol–water partition coefficient (Wildman–Crippen LogP) is 5.24. The first-order chi connectivity index (χ1) is 16.7. The van der Waals surface area contributed by atoms with Crippen LogP contribution in [-0.4, -0.2) is 58.4 Å². The van der Waals surface area contributed by atoms with Gasteiger partial charge < -0.3 is 19.9 Å². The topological polar surface area (TPSA) is 83.5 Å². The van der Waals surface area contributed by atoms with Gasteiger partial charge in [-0.2, -0.15) is 0 Å². The number of hydrogen-bond acceptors (Lipinski definition) is 8. The molecule has 2 saturated heterocycles. The number of nitrogens with zero attached hydrogens (tertiary/aromatic N) is 5. The summed E-state index contributed by atoms with van der Waals surface area (Å²) in [6, 6.07) is 6.72. The Balaban J connectivity index is 1.26. The number of anilines is 2. The Morgan fingerprint density at radius 3 is 2.57 bits per heavy atom. The molecule has 186 valence electrons. The van der Waals surface area contributed by atoms with Crippen molar-refractivity contribution in [1.29, 1.82) is 0 Å². The van der Waals surface area contributed by atoms with E-state index in [1.807, 2.05) is 33.2 Å². The molecule has 35 heavy (non-hydrogen) atoms. The normalized spacial score (nSPS) is 20.9. The van der Waals surface area contributed by atoms with Crippen molar-refractivity contribution in [3.8, 4) is 10.6 Å². The molecule has 1 amide bonds. The Morgan fingerprint density at radius 1 is 1.11 bits per heavy atom. The van der Waals surface area contributed by atoms with E-state index in [0.717, 1.165) is 64.9 Å². The molecule has 2 atom stereocenters. The third kappa shape index (κ3) is 5.50. The second-order valence-corrected chi connectivity index (χ2v) is 11.6. The highest BCUT2D eigenvalue weighted by Crippen LogP contribution is 2.33. The van der Waals surface area contributed by atoms with E-state index in [9.17, 15) is 4.79 Å². The third-order valence-electron chi connectivity index (χ3n) is 6.58. The Morgan fingerprint density at radius 2 is 1.89 bits per heavy atom. The molecule has 8 nitrogen and oxygen atoms in total. The standard InChI is InChI=1S/C26H34N6O2S/c1-17-13-19(29-25(33)34-26(2,3)4)9-12-32(17)23-14-21-20(16-28-23)30-24(35-21)18-7-8-22(27-15-18)31-10-5-6-11-31/h7-8,14-17,19H,5-6,9-13H2,1-4H3,(H,29,33). The van der Waals surface area contributed by atoms with Gasteiger partial charge in [0.1, 0.15) is 27.8 Å². The van der Waals surface area contributed by atoms with Gasteiger partial charge in [-0.15, -0.1) is 11.3 Å². The van der Waals surface area contributed by atoms with E-state index in [0.29, 0.717) is 0 Å². The Labute approximate surface area is 210 Å². The highest BCUT2D eigenvalue weighted by molar-refractivity contribution is 7.21. The van der Waals surface area contributed by atoms with Crippen LogP contribution in [0.15, 0.2) is 30.6 Å². The summed E-state index contributed by atoms with van der Waals surface area (Å²) in [6.07, 6.45) is 7.65. The molecule has 0 radical (unpaired) electrons. The lowest BCUT2D eigenvalue weighted by molar-refractivity contribution is 0.0494. The molecule has 0 spiro atoms. The monoisotopic (exact) mass is 494 g/mol. The number of carbonyl (C=O) groups excluding carboxylic acids is 1. The number of hydrogen-bond donors (Lipinski definition) is 1. The number of pyridine rings is 2. The second-order valence-electron chi connectivity index (χ2n) is 10.5. The molecule has 2 aliphatic rings. The lowest BCUT2D eigenvalue weighted by Gasteiger charge is -2.38. The van der Waals surface area contributed by atoms with E-state index in [2.05, 4.69) is 45.2 Å². The molecule has 3 aromatic heterocycles. The fraction of sp³-hybridized carbons (Fsp3) is 0.538. The van der Waals surface area contributed by atoms with Crippen molar-refractivity contribution < 1.29 is 9.53 Å². The van der Waals surface area contributed by atoms with Crippen molar-refractivity contribution in [2.24, 2.45) is 0 Å². The molecule has 5 heterocycles. The van der Waals surface area contributed by atoms with Crippen LogP contribution in [0, 0.1) is 0 Å². The predicted molar refractivity (Wildman–Crippen MR) is 141 cm³/mol. The van der Waals surface area contributed by atoms with Gasteiger partial charge in [0.2, 0.25) is 0 Å². The number of nitrogens with one attached hydrogen (secondary N) is 1. The summed E-state index contributed by atoms with van der Waals surface area (Å²) < 4.78 is 6.54. The Hall–Kier alpha value is -2.94. The first kappa shape index (κ1) is 23.8. The fourth-order valence-corrected chi connectivity index (χ4v) is 5.82. The van der Waals surface area contributed by atoms with Gasteiger partial charge in [-0.1, -0.05) is 0 Å². The molecule has 0 saturated carbocycles. The zero-order valence-electron chi connectivity index (χ0n) is 21.0. The summed E-state index contributed by atoms with van der Waals surface area (Å²) in [5.41, 5.74) is 1.46. The number of rotatable bonds is 4. The van der Waals surface area contributed by atoms with E-state index >= 15 is 0 Å². The molecule has 9 heteroatoms. The van der Waals surface area contributed by atoms with E-state index in [1.165, 1.54) is 12.8 Å². The van der Waals surface area contributed by atoms with Crippen LogP contribution in [0.3, 0.4) is 0 Å². The lowest BCUT2D eigenvalue weighted by Crippen LogP contribution is -2.50. The summed E-state index contributed by atoms with van der Waals surface area (Å²) in [6.45, 7) is 10.8. The highest BCUT2D eigenvalue weighted by atomic mass is 32.1. The summed E-state index contributed by atoms with van der Waals surface area (Å²) in [4.78, 5) is 31.0. The average Bonchev–Trinajstić information content (AvgIpc) is 3.48. The number of ether oxygens (including phenoxy) is 1. The molecule has 2 unspecified atom stereocenters. The Kier molecular flexibility index (Phi) is 6.53. The first-order valence-corrected chi connectivity index (χ1v) is 13.3. The molecular weight excluding hydrogens is 460 g/mol. The van der Waals surface area contributed by atoms with Gasteiger partial charge in [0, 0.05) is 49.5 Å². The van der Waals surface area contributed by atoms with Crippen molar-refractivity contribution >= 4 is 39.3 Å². The van der Waals surface area contributed by atoms with Crippen molar-refractivity contribution in [1.82, 2.24) is 20.3 Å². The van der Waals surface area contributed by atoms with Crippen LogP contribution in [0.1, 0.15) is 53.4 Å². The maximum atomic E-state index is 12.2. The summed E-state index contributed by atoms with van der Waals surface area (Å²) in [5.74, 6) is 2.01. The van der Waals surface area contributed by atoms with Crippen LogP contribution >= 0.6 is 11.3 Å². The summed E-state index contributed by atoms with van der Waals surface area (Å²) in [5, 5.41) is 3.99. The maximum Gasteiger partial charge on any atom is 0.407 e. The smallest absolute Gasteiger partial charge is 0.407 e. The van der Waals surface area contributed by atoms with Crippen molar-refractivity contribution in [2.45, 2.75) is 71.1 Å². The van der Waals surface area contributed by atoms with Crippen LogP contribution in [0.5, 0.6) is 0 Å². The number of alkyl carbamates (subject to hydrolysis) is 1. The average molecular weight is 495 g/mol. The van der Waals surface area contributed by atoms with Gasteiger partial charge in [0.25, 0.3) is 0 Å². The van der Waals surface area contributed by atoms with Crippen LogP contribution < -0.4 is 15.1 Å². The SMILES string of the molecule is CC1CC(NC(=O)OC(C)(C)C)CCN1c1cc2sc(-c3ccc(N4CCCC4)nc3)nc2cn1. The van der Waals surface area contributed by atoms with Crippen LogP contribution in [0.4, 0.5) is 16.4 Å². The number of aromatic nitrogens is 3. The van der Waals surface area contributed by atoms with E-state index < -0.39 is 5.60 Å². The minimum Gasteiger partial charge on any atom is -0.444 e. The third-order valence-corrected chi connectivity index (χ3v) is 7.64. The van der Waals surface area contributed by atoms with Crippen molar-refractivity contribution in [3.05, 3.63) is 30.6 Å². The first-order valence-electron chi connectivity index (χ1n) is 12.5. The molecule has 0 aliphatic carbocycles. The molecule has 2 aliphatic heterocycles. The van der Waals surface area contributed by atoms with Gasteiger partial charge in [-0.05, 0) is 65.5 Å². The molecule has 0 aromatic carbocycles. The fourth-order valence-electron chi connectivity index (χ4n) is 4.87. The van der Waals surface area contributed by atoms with Gasteiger partial charge in [-0.3, -0.25) is 0 Å². The van der Waals surface area contributed by atoms with E-state index in [1.54, 1.807) is 11.3 Å². The van der Waals surface area contributed by atoms with Gasteiger partial charge in [0.15, 0.2) is 0 Å². The largest absolute Gasteiger partial charge is 0.444 e. The molecule has 1 N–H and O–H groups in total. The number of amides is 1. The molecular formula is C26H34N6O2S. The molecule has 5 rings (SSSR count). The zero-order chi connectivity index (χ0) is 24.6. The van der Waals surface area contributed by atoms with Gasteiger partial charge in [-0.25, -0.2) is 19.7 Å². The van der Waals surface area contributed by atoms with Crippen LogP contribution in [0.25, 0.3) is 20.8 Å². The van der Waals surface area contributed by atoms with E-state index in [-0.39, 0.29) is 18.2 Å². The Bertz CT molecular complexity index is 1180. The molecule has 0 bridgehead atoms. The van der Waals surface area contributed by atoms with Crippen molar-refractivity contribution in [3.63, 3.8) is 0 Å². The summed E-state index contributed by atoms with van der Waals surface area (Å²) in [7, 11) is 0. The number of thiazole rings is 1. The number of fused-ring (bicyclic) bond motifs is 1.